The maximum atomic E-state index is 5.70. The van der Waals surface area contributed by atoms with Crippen LogP contribution in [0.4, 0.5) is 0 Å². The molecule has 140 valence electrons. The van der Waals surface area contributed by atoms with E-state index in [1.807, 2.05) is 37.3 Å². The van der Waals surface area contributed by atoms with Gasteiger partial charge in [-0.2, -0.15) is 0 Å². The van der Waals surface area contributed by atoms with Crippen LogP contribution in [-0.2, 0) is 12.4 Å². The van der Waals surface area contributed by atoms with Gasteiger partial charge in [0.1, 0.15) is 5.75 Å². The molecule has 5 heteroatoms. The number of benzene rings is 3. The van der Waals surface area contributed by atoms with Gasteiger partial charge in [0, 0.05) is 5.75 Å². The maximum Gasteiger partial charge on any atom is 0.277 e. The van der Waals surface area contributed by atoms with Crippen molar-refractivity contribution in [2.45, 2.75) is 24.5 Å². The Kier molecular flexibility index (Phi) is 5.73. The first kappa shape index (κ1) is 18.3. The molecular formula is C23H20N2O2S. The Balaban J connectivity index is 1.30. The second kappa shape index (κ2) is 8.76. The molecule has 1 heterocycles. The molecule has 0 saturated carbocycles. The first-order valence-corrected chi connectivity index (χ1v) is 10.0. The van der Waals surface area contributed by atoms with E-state index >= 15 is 0 Å². The zero-order chi connectivity index (χ0) is 19.2. The average Bonchev–Trinajstić information content (AvgIpc) is 3.20. The van der Waals surface area contributed by atoms with Crippen LogP contribution in [0.5, 0.6) is 5.75 Å². The molecular weight excluding hydrogens is 368 g/mol. The lowest BCUT2D eigenvalue weighted by Crippen LogP contribution is -1.95. The van der Waals surface area contributed by atoms with Crippen LogP contribution in [0.1, 0.15) is 17.0 Å². The molecule has 4 aromatic rings. The van der Waals surface area contributed by atoms with Crippen LogP contribution in [0, 0.1) is 6.92 Å². The standard InChI is InChI=1S/C23H20N2O2S/c1-17-6-5-9-21(14-17)26-15-22-24-25-23(27-22)28-16-18-10-12-20(13-11-18)19-7-3-2-4-8-19/h2-14H,15-16H2,1H3. The number of aryl methyl sites for hydroxylation is 1. The van der Waals surface area contributed by atoms with Crippen molar-refractivity contribution in [1.82, 2.24) is 10.2 Å². The van der Waals surface area contributed by atoms with Gasteiger partial charge in [-0.25, -0.2) is 0 Å². The van der Waals surface area contributed by atoms with Crippen molar-refractivity contribution in [3.63, 3.8) is 0 Å². The summed E-state index contributed by atoms with van der Waals surface area (Å²) in [6.07, 6.45) is 0. The number of aromatic nitrogens is 2. The summed E-state index contributed by atoms with van der Waals surface area (Å²) in [5, 5.41) is 8.70. The van der Waals surface area contributed by atoms with Gasteiger partial charge >= 0.3 is 0 Å². The summed E-state index contributed by atoms with van der Waals surface area (Å²) in [4.78, 5) is 0. The largest absolute Gasteiger partial charge is 0.484 e. The number of rotatable bonds is 7. The van der Waals surface area contributed by atoms with Crippen molar-refractivity contribution in [2.24, 2.45) is 0 Å². The molecule has 28 heavy (non-hydrogen) atoms. The van der Waals surface area contributed by atoms with Crippen molar-refractivity contribution in [3.8, 4) is 16.9 Å². The molecule has 0 amide bonds. The van der Waals surface area contributed by atoms with E-state index in [0.29, 0.717) is 11.1 Å². The first-order chi connectivity index (χ1) is 13.8. The van der Waals surface area contributed by atoms with Crippen molar-refractivity contribution >= 4 is 11.8 Å². The quantitative estimate of drug-likeness (QED) is 0.368. The highest BCUT2D eigenvalue weighted by atomic mass is 32.2. The second-order valence-corrected chi connectivity index (χ2v) is 7.35. The number of thioether (sulfide) groups is 1. The third-order valence-electron chi connectivity index (χ3n) is 4.22. The minimum atomic E-state index is 0.267. The van der Waals surface area contributed by atoms with E-state index < -0.39 is 0 Å². The summed E-state index contributed by atoms with van der Waals surface area (Å²) < 4.78 is 11.4. The molecule has 4 nitrogen and oxygen atoms in total. The van der Waals surface area contributed by atoms with Gasteiger partial charge in [-0.15, -0.1) is 10.2 Å². The van der Waals surface area contributed by atoms with Crippen LogP contribution >= 0.6 is 11.8 Å². The number of nitrogens with zero attached hydrogens (tertiary/aromatic N) is 2. The molecule has 4 rings (SSSR count). The second-order valence-electron chi connectivity index (χ2n) is 6.42. The number of hydrogen-bond donors (Lipinski definition) is 0. The molecule has 0 N–H and O–H groups in total. The molecule has 0 aliphatic heterocycles. The van der Waals surface area contributed by atoms with Crippen LogP contribution in [0.25, 0.3) is 11.1 Å². The van der Waals surface area contributed by atoms with Crippen molar-refractivity contribution in [3.05, 3.63) is 95.9 Å². The molecule has 0 saturated heterocycles. The predicted octanol–water partition coefficient (Wildman–Crippen LogP) is 5.92. The van der Waals surface area contributed by atoms with Gasteiger partial charge in [0.05, 0.1) is 0 Å². The van der Waals surface area contributed by atoms with Gasteiger partial charge < -0.3 is 9.15 Å². The lowest BCUT2D eigenvalue weighted by molar-refractivity contribution is 0.252. The fraction of sp³-hybridized carbons (Fsp3) is 0.130. The zero-order valence-corrected chi connectivity index (χ0v) is 16.4. The molecule has 1 aromatic heterocycles. The third kappa shape index (κ3) is 4.81. The predicted molar refractivity (Wildman–Crippen MR) is 111 cm³/mol. The van der Waals surface area contributed by atoms with Crippen LogP contribution < -0.4 is 4.74 Å². The van der Waals surface area contributed by atoms with E-state index in [2.05, 4.69) is 58.7 Å². The van der Waals surface area contributed by atoms with Gasteiger partial charge in [0.15, 0.2) is 6.61 Å². The highest BCUT2D eigenvalue weighted by Crippen LogP contribution is 2.25. The molecule has 3 aromatic carbocycles. The summed E-state index contributed by atoms with van der Waals surface area (Å²) in [5.74, 6) is 2.05. The lowest BCUT2D eigenvalue weighted by Gasteiger charge is -2.04. The monoisotopic (exact) mass is 388 g/mol. The topological polar surface area (TPSA) is 48.2 Å². The average molecular weight is 388 g/mol. The Bertz CT molecular complexity index is 1030. The summed E-state index contributed by atoms with van der Waals surface area (Å²) in [5.41, 5.74) is 4.79. The molecule has 0 aliphatic rings. The van der Waals surface area contributed by atoms with Gasteiger partial charge in [0.2, 0.25) is 0 Å². The molecule has 0 atom stereocenters. The Hall–Kier alpha value is -3.05. The lowest BCUT2D eigenvalue weighted by atomic mass is 10.0. The normalized spacial score (nSPS) is 10.8. The Morgan fingerprint density at radius 2 is 1.64 bits per heavy atom. The van der Waals surface area contributed by atoms with E-state index in [4.69, 9.17) is 9.15 Å². The third-order valence-corrected chi connectivity index (χ3v) is 5.11. The maximum absolute atomic E-state index is 5.70. The fourth-order valence-electron chi connectivity index (χ4n) is 2.77. The molecule has 0 fully saturated rings. The minimum absolute atomic E-state index is 0.267. The Morgan fingerprint density at radius 1 is 0.857 bits per heavy atom. The van der Waals surface area contributed by atoms with Crippen LogP contribution in [0.15, 0.2) is 88.5 Å². The van der Waals surface area contributed by atoms with E-state index in [0.717, 1.165) is 17.1 Å². The van der Waals surface area contributed by atoms with Crippen LogP contribution in [-0.4, -0.2) is 10.2 Å². The molecule has 0 spiro atoms. The number of hydrogen-bond acceptors (Lipinski definition) is 5. The molecule has 0 radical (unpaired) electrons. The van der Waals surface area contributed by atoms with E-state index in [1.54, 1.807) is 0 Å². The summed E-state index contributed by atoms with van der Waals surface area (Å²) in [6.45, 7) is 2.30. The van der Waals surface area contributed by atoms with Gasteiger partial charge in [0.25, 0.3) is 11.1 Å². The van der Waals surface area contributed by atoms with E-state index in [-0.39, 0.29) is 6.61 Å². The summed E-state index contributed by atoms with van der Waals surface area (Å²) in [6, 6.07) is 26.8. The minimum Gasteiger partial charge on any atom is -0.484 e. The molecule has 0 unspecified atom stereocenters. The van der Waals surface area contributed by atoms with Crippen molar-refractivity contribution in [2.75, 3.05) is 0 Å². The fourth-order valence-corrected chi connectivity index (χ4v) is 3.51. The van der Waals surface area contributed by atoms with Crippen LogP contribution in [0.2, 0.25) is 0 Å². The van der Waals surface area contributed by atoms with Crippen LogP contribution in [0.3, 0.4) is 0 Å². The van der Waals surface area contributed by atoms with E-state index in [9.17, 15) is 0 Å². The van der Waals surface area contributed by atoms with Crippen molar-refractivity contribution < 1.29 is 9.15 Å². The smallest absolute Gasteiger partial charge is 0.277 e. The first-order valence-electron chi connectivity index (χ1n) is 9.05. The summed E-state index contributed by atoms with van der Waals surface area (Å²) in [7, 11) is 0. The Labute approximate surface area is 168 Å². The van der Waals surface area contributed by atoms with Crippen molar-refractivity contribution in [1.29, 1.82) is 0 Å². The zero-order valence-electron chi connectivity index (χ0n) is 15.5. The molecule has 0 aliphatic carbocycles. The highest BCUT2D eigenvalue weighted by molar-refractivity contribution is 7.98. The van der Waals surface area contributed by atoms with Gasteiger partial charge in [-0.3, -0.25) is 0 Å². The van der Waals surface area contributed by atoms with Gasteiger partial charge in [-0.05, 0) is 41.3 Å². The highest BCUT2D eigenvalue weighted by Gasteiger charge is 2.08. The Morgan fingerprint density at radius 3 is 2.43 bits per heavy atom. The summed E-state index contributed by atoms with van der Waals surface area (Å²) >= 11 is 1.52. The molecule has 0 bridgehead atoms. The van der Waals surface area contributed by atoms with Gasteiger partial charge in [-0.1, -0.05) is 78.5 Å². The van der Waals surface area contributed by atoms with E-state index in [1.165, 1.54) is 28.5 Å². The SMILES string of the molecule is Cc1cccc(OCc2nnc(SCc3ccc(-c4ccccc4)cc3)o2)c1. The number of ether oxygens (including phenoxy) is 1.